The van der Waals surface area contributed by atoms with E-state index in [1.165, 1.54) is 18.4 Å². The van der Waals surface area contributed by atoms with Crippen molar-refractivity contribution < 1.29 is 0 Å². The Hall–Kier alpha value is -1.02. The molecular formula is C12H20N2. The van der Waals surface area contributed by atoms with Crippen molar-refractivity contribution in [3.8, 4) is 0 Å². The summed E-state index contributed by atoms with van der Waals surface area (Å²) in [6, 6.07) is 8.68. The Kier molecular flexibility index (Phi) is 4.47. The number of hydrogen-bond donors (Lipinski definition) is 2. The second-order valence-electron chi connectivity index (χ2n) is 3.64. The SMILES string of the molecule is CCC(CC)NCc1ccc(N)cc1. The van der Waals surface area contributed by atoms with Gasteiger partial charge in [0, 0.05) is 18.3 Å². The number of nitrogen functional groups attached to an aromatic ring is 1. The van der Waals surface area contributed by atoms with Crippen LogP contribution < -0.4 is 11.1 Å². The van der Waals surface area contributed by atoms with Crippen LogP contribution in [0.1, 0.15) is 32.3 Å². The molecule has 2 nitrogen and oxygen atoms in total. The van der Waals surface area contributed by atoms with Gasteiger partial charge in [0.1, 0.15) is 0 Å². The van der Waals surface area contributed by atoms with E-state index in [9.17, 15) is 0 Å². The topological polar surface area (TPSA) is 38.0 Å². The highest BCUT2D eigenvalue weighted by Crippen LogP contribution is 2.06. The van der Waals surface area contributed by atoms with Gasteiger partial charge in [-0.05, 0) is 30.5 Å². The molecule has 1 rings (SSSR count). The number of nitrogens with two attached hydrogens (primary N) is 1. The summed E-state index contributed by atoms with van der Waals surface area (Å²) in [5, 5.41) is 3.51. The zero-order valence-corrected chi connectivity index (χ0v) is 9.09. The zero-order chi connectivity index (χ0) is 10.4. The molecule has 0 spiro atoms. The first-order valence-electron chi connectivity index (χ1n) is 5.34. The van der Waals surface area contributed by atoms with E-state index in [2.05, 4.69) is 31.3 Å². The molecule has 0 atom stereocenters. The summed E-state index contributed by atoms with van der Waals surface area (Å²) >= 11 is 0. The normalized spacial score (nSPS) is 10.8. The monoisotopic (exact) mass is 192 g/mol. The third-order valence-corrected chi connectivity index (χ3v) is 2.56. The molecule has 0 saturated heterocycles. The van der Waals surface area contributed by atoms with Gasteiger partial charge in [0.2, 0.25) is 0 Å². The molecule has 2 heteroatoms. The van der Waals surface area contributed by atoms with Crippen molar-refractivity contribution >= 4 is 5.69 Å². The lowest BCUT2D eigenvalue weighted by Crippen LogP contribution is -2.26. The Bertz CT molecular complexity index is 250. The quantitative estimate of drug-likeness (QED) is 0.704. The lowest BCUT2D eigenvalue weighted by molar-refractivity contribution is 0.484. The van der Waals surface area contributed by atoms with E-state index < -0.39 is 0 Å². The van der Waals surface area contributed by atoms with E-state index in [0.29, 0.717) is 6.04 Å². The molecule has 78 valence electrons. The maximum Gasteiger partial charge on any atom is 0.0314 e. The molecule has 0 heterocycles. The zero-order valence-electron chi connectivity index (χ0n) is 9.09. The number of rotatable bonds is 5. The molecule has 1 aromatic rings. The molecule has 14 heavy (non-hydrogen) atoms. The number of hydrogen-bond acceptors (Lipinski definition) is 2. The van der Waals surface area contributed by atoms with Gasteiger partial charge in [0.05, 0.1) is 0 Å². The summed E-state index contributed by atoms with van der Waals surface area (Å²) in [5.74, 6) is 0. The van der Waals surface area contributed by atoms with Crippen LogP contribution in [0.25, 0.3) is 0 Å². The van der Waals surface area contributed by atoms with E-state index in [1.54, 1.807) is 0 Å². The summed E-state index contributed by atoms with van der Waals surface area (Å²) in [6.45, 7) is 5.36. The van der Waals surface area contributed by atoms with Crippen LogP contribution >= 0.6 is 0 Å². The van der Waals surface area contributed by atoms with E-state index >= 15 is 0 Å². The second kappa shape index (κ2) is 5.66. The number of benzene rings is 1. The Morgan fingerprint density at radius 1 is 1.14 bits per heavy atom. The van der Waals surface area contributed by atoms with Crippen molar-refractivity contribution in [1.29, 1.82) is 0 Å². The van der Waals surface area contributed by atoms with Crippen molar-refractivity contribution in [1.82, 2.24) is 5.32 Å². The average molecular weight is 192 g/mol. The predicted molar refractivity (Wildman–Crippen MR) is 62.1 cm³/mol. The van der Waals surface area contributed by atoms with Crippen LogP contribution in [-0.4, -0.2) is 6.04 Å². The van der Waals surface area contributed by atoms with Crippen LogP contribution in [0.15, 0.2) is 24.3 Å². The Balaban J connectivity index is 2.41. The van der Waals surface area contributed by atoms with Gasteiger partial charge in [-0.3, -0.25) is 0 Å². The van der Waals surface area contributed by atoms with E-state index in [4.69, 9.17) is 5.73 Å². The molecule has 0 radical (unpaired) electrons. The van der Waals surface area contributed by atoms with Gasteiger partial charge in [-0.25, -0.2) is 0 Å². The van der Waals surface area contributed by atoms with Crippen molar-refractivity contribution in [3.05, 3.63) is 29.8 Å². The average Bonchev–Trinajstić information content (AvgIpc) is 2.22. The molecule has 0 bridgehead atoms. The molecule has 0 aromatic heterocycles. The largest absolute Gasteiger partial charge is 0.399 e. The molecule has 0 aliphatic carbocycles. The summed E-state index contributed by atoms with van der Waals surface area (Å²) in [5.41, 5.74) is 7.74. The van der Waals surface area contributed by atoms with E-state index in [1.807, 2.05) is 12.1 Å². The summed E-state index contributed by atoms with van der Waals surface area (Å²) < 4.78 is 0. The van der Waals surface area contributed by atoms with Crippen molar-refractivity contribution in [2.75, 3.05) is 5.73 Å². The minimum Gasteiger partial charge on any atom is -0.399 e. The van der Waals surface area contributed by atoms with Crippen molar-refractivity contribution in [2.24, 2.45) is 0 Å². The molecule has 0 fully saturated rings. The third kappa shape index (κ3) is 3.38. The molecule has 0 unspecified atom stereocenters. The lowest BCUT2D eigenvalue weighted by Gasteiger charge is -2.14. The van der Waals surface area contributed by atoms with Crippen LogP contribution in [0, 0.1) is 0 Å². The number of nitrogens with one attached hydrogen (secondary N) is 1. The van der Waals surface area contributed by atoms with E-state index in [-0.39, 0.29) is 0 Å². The van der Waals surface area contributed by atoms with Crippen LogP contribution in [0.4, 0.5) is 5.69 Å². The maximum absolute atomic E-state index is 5.61. The molecule has 0 aliphatic rings. The van der Waals surface area contributed by atoms with Crippen LogP contribution in [-0.2, 0) is 6.54 Å². The molecule has 3 N–H and O–H groups in total. The minimum absolute atomic E-state index is 0.632. The Morgan fingerprint density at radius 2 is 1.71 bits per heavy atom. The highest BCUT2D eigenvalue weighted by molar-refractivity contribution is 5.39. The summed E-state index contributed by atoms with van der Waals surface area (Å²) in [7, 11) is 0. The van der Waals surface area contributed by atoms with Crippen molar-refractivity contribution in [3.63, 3.8) is 0 Å². The van der Waals surface area contributed by atoms with Gasteiger partial charge in [-0.1, -0.05) is 26.0 Å². The highest BCUT2D eigenvalue weighted by atomic mass is 14.9. The van der Waals surface area contributed by atoms with E-state index in [0.717, 1.165) is 12.2 Å². The third-order valence-electron chi connectivity index (χ3n) is 2.56. The molecule has 0 saturated carbocycles. The first kappa shape index (κ1) is 11.1. The molecule has 0 amide bonds. The fourth-order valence-corrected chi connectivity index (χ4v) is 1.48. The van der Waals surface area contributed by atoms with Gasteiger partial charge >= 0.3 is 0 Å². The van der Waals surface area contributed by atoms with Gasteiger partial charge < -0.3 is 11.1 Å². The lowest BCUT2D eigenvalue weighted by atomic mass is 10.1. The Labute approximate surface area is 86.5 Å². The van der Waals surface area contributed by atoms with Gasteiger partial charge in [-0.2, -0.15) is 0 Å². The molecular weight excluding hydrogens is 172 g/mol. The van der Waals surface area contributed by atoms with Gasteiger partial charge in [0.15, 0.2) is 0 Å². The smallest absolute Gasteiger partial charge is 0.0314 e. The standard InChI is InChI=1S/C12H20N2/c1-3-12(4-2)14-9-10-5-7-11(13)8-6-10/h5-8,12,14H,3-4,9,13H2,1-2H3. The first-order chi connectivity index (χ1) is 6.76. The molecule has 0 aliphatic heterocycles. The second-order valence-corrected chi connectivity index (χ2v) is 3.64. The van der Waals surface area contributed by atoms with Crippen LogP contribution in [0.2, 0.25) is 0 Å². The first-order valence-corrected chi connectivity index (χ1v) is 5.34. The summed E-state index contributed by atoms with van der Waals surface area (Å²) in [6.07, 6.45) is 2.37. The maximum atomic E-state index is 5.61. The van der Waals surface area contributed by atoms with Gasteiger partial charge in [-0.15, -0.1) is 0 Å². The van der Waals surface area contributed by atoms with Crippen molar-refractivity contribution in [2.45, 2.75) is 39.3 Å². The molecule has 1 aromatic carbocycles. The van der Waals surface area contributed by atoms with Crippen LogP contribution in [0.5, 0.6) is 0 Å². The minimum atomic E-state index is 0.632. The predicted octanol–water partition coefficient (Wildman–Crippen LogP) is 2.55. The fourth-order valence-electron chi connectivity index (χ4n) is 1.48. The highest BCUT2D eigenvalue weighted by Gasteiger charge is 2.01. The fraction of sp³-hybridized carbons (Fsp3) is 0.500. The summed E-state index contributed by atoms with van der Waals surface area (Å²) in [4.78, 5) is 0. The Morgan fingerprint density at radius 3 is 2.21 bits per heavy atom. The van der Waals surface area contributed by atoms with Gasteiger partial charge in [0.25, 0.3) is 0 Å². The number of anilines is 1. The van der Waals surface area contributed by atoms with Crippen LogP contribution in [0.3, 0.4) is 0 Å².